The Kier molecular flexibility index (Phi) is 2.58. The van der Waals surface area contributed by atoms with Gasteiger partial charge in [-0.1, -0.05) is 12.1 Å². The number of hydrogen-bond donors (Lipinski definition) is 1. The lowest BCUT2D eigenvalue weighted by Gasteiger charge is -2.00. The second-order valence-electron chi connectivity index (χ2n) is 2.41. The maximum absolute atomic E-state index is 10.5. The van der Waals surface area contributed by atoms with Crippen LogP contribution in [0, 0.1) is 6.92 Å². The number of para-hydroxylation sites is 1. The fraction of sp³-hybridized carbons (Fsp3) is 0.111. The summed E-state index contributed by atoms with van der Waals surface area (Å²) in [4.78, 5) is 14.4. The number of benzene rings is 1. The molecule has 0 fully saturated rings. The van der Waals surface area contributed by atoms with Gasteiger partial charge in [0.15, 0.2) is 6.29 Å². The Morgan fingerprint density at radius 2 is 2.25 bits per heavy atom. The van der Waals surface area contributed by atoms with Gasteiger partial charge in [-0.3, -0.25) is 4.79 Å². The van der Waals surface area contributed by atoms with Gasteiger partial charge in [-0.25, -0.2) is 4.99 Å². The summed E-state index contributed by atoms with van der Waals surface area (Å²) in [6, 6.07) is 5.41. The first-order valence-electron chi connectivity index (χ1n) is 3.58. The van der Waals surface area contributed by atoms with Gasteiger partial charge in [0.25, 0.3) is 0 Å². The van der Waals surface area contributed by atoms with Gasteiger partial charge in [-0.05, 0) is 18.6 Å². The van der Waals surface area contributed by atoms with E-state index in [9.17, 15) is 4.79 Å². The molecule has 0 heterocycles. The van der Waals surface area contributed by atoms with Crippen molar-refractivity contribution in [1.29, 1.82) is 0 Å². The summed E-state index contributed by atoms with van der Waals surface area (Å²) < 4.78 is 0. The maximum atomic E-state index is 10.5. The van der Waals surface area contributed by atoms with E-state index in [1.807, 2.05) is 19.1 Å². The van der Waals surface area contributed by atoms with Crippen LogP contribution in [-0.2, 0) is 0 Å². The fourth-order valence-electron chi connectivity index (χ4n) is 1.03. The van der Waals surface area contributed by atoms with Crippen molar-refractivity contribution in [3.63, 3.8) is 0 Å². The molecule has 0 unspecified atom stereocenters. The molecule has 0 spiro atoms. The zero-order valence-electron chi connectivity index (χ0n) is 6.82. The number of rotatable bonds is 2. The summed E-state index contributed by atoms with van der Waals surface area (Å²) in [7, 11) is 0. The molecule has 0 aliphatic rings. The minimum atomic E-state index is 0.566. The van der Waals surface area contributed by atoms with Crippen LogP contribution in [0.25, 0.3) is 0 Å². The van der Waals surface area contributed by atoms with Crippen molar-refractivity contribution < 1.29 is 4.79 Å². The molecule has 0 saturated carbocycles. The van der Waals surface area contributed by atoms with Crippen molar-refractivity contribution in [2.24, 2.45) is 10.7 Å². The molecule has 0 bridgehead atoms. The predicted octanol–water partition coefficient (Wildman–Crippen LogP) is 1.43. The molecule has 0 aliphatic heterocycles. The predicted molar refractivity (Wildman–Crippen MR) is 48.9 cm³/mol. The quantitative estimate of drug-likeness (QED) is 0.406. The molecule has 2 N–H and O–H groups in total. The lowest BCUT2D eigenvalue weighted by atomic mass is 10.1. The topological polar surface area (TPSA) is 55.5 Å². The van der Waals surface area contributed by atoms with Crippen LogP contribution < -0.4 is 5.73 Å². The summed E-state index contributed by atoms with van der Waals surface area (Å²) >= 11 is 0. The van der Waals surface area contributed by atoms with Gasteiger partial charge in [0, 0.05) is 5.56 Å². The van der Waals surface area contributed by atoms with E-state index in [2.05, 4.69) is 4.99 Å². The summed E-state index contributed by atoms with van der Waals surface area (Å²) in [5.74, 6) is 0. The molecule has 1 rings (SSSR count). The van der Waals surface area contributed by atoms with E-state index in [0.717, 1.165) is 11.8 Å². The van der Waals surface area contributed by atoms with Crippen molar-refractivity contribution >= 4 is 18.3 Å². The number of carbonyl (C=O) groups excluding carboxylic acids is 1. The van der Waals surface area contributed by atoms with Crippen molar-refractivity contribution in [3.05, 3.63) is 29.3 Å². The Labute approximate surface area is 70.9 Å². The molecular formula is C9H10N2O. The van der Waals surface area contributed by atoms with Crippen LogP contribution in [0.2, 0.25) is 0 Å². The second kappa shape index (κ2) is 3.67. The Morgan fingerprint density at radius 1 is 1.50 bits per heavy atom. The third-order valence-electron chi connectivity index (χ3n) is 1.60. The molecular weight excluding hydrogens is 152 g/mol. The molecule has 0 radical (unpaired) electrons. The van der Waals surface area contributed by atoms with E-state index in [0.29, 0.717) is 11.3 Å². The largest absolute Gasteiger partial charge is 0.390 e. The first-order chi connectivity index (χ1) is 5.79. The monoisotopic (exact) mass is 162 g/mol. The lowest BCUT2D eigenvalue weighted by molar-refractivity contribution is 0.112. The van der Waals surface area contributed by atoms with Crippen LogP contribution in [0.3, 0.4) is 0 Å². The third-order valence-corrected chi connectivity index (χ3v) is 1.60. The van der Waals surface area contributed by atoms with Crippen molar-refractivity contribution in [2.45, 2.75) is 6.92 Å². The Balaban J connectivity index is 3.28. The normalized spacial score (nSPS) is 10.4. The molecule has 0 aliphatic carbocycles. The van der Waals surface area contributed by atoms with Gasteiger partial charge in [0.05, 0.1) is 12.0 Å². The average Bonchev–Trinajstić information content (AvgIpc) is 2.09. The fourth-order valence-corrected chi connectivity index (χ4v) is 1.03. The van der Waals surface area contributed by atoms with Crippen LogP contribution in [0.15, 0.2) is 23.2 Å². The molecule has 3 heteroatoms. The highest BCUT2D eigenvalue weighted by Crippen LogP contribution is 2.21. The zero-order chi connectivity index (χ0) is 8.97. The maximum Gasteiger partial charge on any atom is 0.152 e. The Hall–Kier alpha value is -1.64. The third kappa shape index (κ3) is 1.50. The Bertz CT molecular complexity index is 318. The standard InChI is InChI=1S/C9H10N2O/c1-7-3-2-4-8(5-12)9(7)11-6-10/h2-6H,1H3,(H2,10,11). The van der Waals surface area contributed by atoms with E-state index >= 15 is 0 Å². The van der Waals surface area contributed by atoms with Crippen molar-refractivity contribution in [3.8, 4) is 0 Å². The summed E-state index contributed by atoms with van der Waals surface area (Å²) in [6.07, 6.45) is 1.96. The second-order valence-corrected chi connectivity index (χ2v) is 2.41. The van der Waals surface area contributed by atoms with Crippen LogP contribution >= 0.6 is 0 Å². The van der Waals surface area contributed by atoms with E-state index < -0.39 is 0 Å². The smallest absolute Gasteiger partial charge is 0.152 e. The number of aryl methyl sites for hydroxylation is 1. The number of carbonyl (C=O) groups is 1. The average molecular weight is 162 g/mol. The summed E-state index contributed by atoms with van der Waals surface area (Å²) in [5, 5.41) is 0. The summed E-state index contributed by atoms with van der Waals surface area (Å²) in [5.41, 5.74) is 7.31. The van der Waals surface area contributed by atoms with Crippen LogP contribution in [0.4, 0.5) is 5.69 Å². The van der Waals surface area contributed by atoms with Crippen molar-refractivity contribution in [1.82, 2.24) is 0 Å². The molecule has 1 aromatic carbocycles. The summed E-state index contributed by atoms with van der Waals surface area (Å²) in [6.45, 7) is 1.88. The highest BCUT2D eigenvalue weighted by atomic mass is 16.1. The van der Waals surface area contributed by atoms with E-state index in [1.54, 1.807) is 6.07 Å². The molecule has 0 amide bonds. The van der Waals surface area contributed by atoms with Crippen molar-refractivity contribution in [2.75, 3.05) is 0 Å². The van der Waals surface area contributed by atoms with E-state index in [1.165, 1.54) is 6.34 Å². The van der Waals surface area contributed by atoms with Gasteiger partial charge >= 0.3 is 0 Å². The highest BCUT2D eigenvalue weighted by molar-refractivity contribution is 5.85. The lowest BCUT2D eigenvalue weighted by Crippen LogP contribution is -1.90. The molecule has 0 atom stereocenters. The molecule has 12 heavy (non-hydrogen) atoms. The molecule has 0 aromatic heterocycles. The number of hydrogen-bond acceptors (Lipinski definition) is 2. The van der Waals surface area contributed by atoms with E-state index in [4.69, 9.17) is 5.73 Å². The highest BCUT2D eigenvalue weighted by Gasteiger charge is 2.00. The zero-order valence-corrected chi connectivity index (χ0v) is 6.82. The first kappa shape index (κ1) is 8.46. The number of nitrogens with zero attached hydrogens (tertiary/aromatic N) is 1. The SMILES string of the molecule is Cc1cccc(C=O)c1N=CN. The molecule has 3 nitrogen and oxygen atoms in total. The van der Waals surface area contributed by atoms with Crippen LogP contribution in [0.5, 0.6) is 0 Å². The van der Waals surface area contributed by atoms with Gasteiger partial charge in [0.1, 0.15) is 0 Å². The minimum absolute atomic E-state index is 0.566. The minimum Gasteiger partial charge on any atom is -0.390 e. The Morgan fingerprint density at radius 3 is 2.83 bits per heavy atom. The molecule has 1 aromatic rings. The van der Waals surface area contributed by atoms with Gasteiger partial charge in [0.2, 0.25) is 0 Å². The van der Waals surface area contributed by atoms with Crippen LogP contribution in [-0.4, -0.2) is 12.6 Å². The van der Waals surface area contributed by atoms with Gasteiger partial charge in [-0.15, -0.1) is 0 Å². The number of aldehydes is 1. The number of nitrogens with two attached hydrogens (primary N) is 1. The van der Waals surface area contributed by atoms with Crippen LogP contribution in [0.1, 0.15) is 15.9 Å². The first-order valence-corrected chi connectivity index (χ1v) is 3.58. The molecule has 0 saturated heterocycles. The van der Waals surface area contributed by atoms with Gasteiger partial charge in [-0.2, -0.15) is 0 Å². The van der Waals surface area contributed by atoms with Gasteiger partial charge < -0.3 is 5.73 Å². The number of aliphatic imine (C=N–C) groups is 1. The molecule has 62 valence electrons. The van der Waals surface area contributed by atoms with E-state index in [-0.39, 0.29) is 0 Å².